The van der Waals surface area contributed by atoms with E-state index in [1.807, 2.05) is 0 Å². The van der Waals surface area contributed by atoms with E-state index in [0.29, 0.717) is 0 Å². The van der Waals surface area contributed by atoms with Crippen molar-refractivity contribution in [3.8, 4) is 11.5 Å². The van der Waals surface area contributed by atoms with Crippen LogP contribution in [0.3, 0.4) is 0 Å². The molecule has 3 aromatic rings. The van der Waals surface area contributed by atoms with Crippen molar-refractivity contribution in [2.75, 3.05) is 14.2 Å². The zero-order chi connectivity index (χ0) is 27.7. The molecule has 0 saturated heterocycles. The Balaban J connectivity index is 2.13. The Kier molecular flexibility index (Phi) is 10.8. The van der Waals surface area contributed by atoms with Gasteiger partial charge in [-0.1, -0.05) is 0 Å². The number of benzene rings is 3. The van der Waals surface area contributed by atoms with Crippen LogP contribution in [-0.2, 0) is 0 Å². The van der Waals surface area contributed by atoms with E-state index in [2.05, 4.69) is 99.6 Å². The van der Waals surface area contributed by atoms with Gasteiger partial charge in [0.1, 0.15) is 0 Å². The van der Waals surface area contributed by atoms with Crippen LogP contribution >= 0.6 is 0 Å². The third-order valence-electron chi connectivity index (χ3n) is 8.33. The van der Waals surface area contributed by atoms with Crippen LogP contribution in [0.5, 0.6) is 11.5 Å². The first-order valence-corrected chi connectivity index (χ1v) is 22.4. The number of rotatable bonds is 14. The van der Waals surface area contributed by atoms with Crippen LogP contribution in [0.15, 0.2) is 72.8 Å². The van der Waals surface area contributed by atoms with Gasteiger partial charge in [0, 0.05) is 0 Å². The molecule has 0 saturated carbocycles. The summed E-state index contributed by atoms with van der Waals surface area (Å²) in [6, 6.07) is 26.6. The first-order valence-electron chi connectivity index (χ1n) is 15.0. The second-order valence-electron chi connectivity index (χ2n) is 10.9. The molecule has 0 radical (unpaired) electrons. The molecule has 0 aromatic heterocycles. The minimum atomic E-state index is -2.93. The maximum atomic E-state index is 5.92. The molecular formula is C36H46O2Sn. The van der Waals surface area contributed by atoms with Gasteiger partial charge in [-0.25, -0.2) is 0 Å². The number of allylic oxidation sites excluding steroid dienone is 2. The Morgan fingerprint density at radius 2 is 1.13 bits per heavy atom. The number of unbranched alkanes of at least 4 members (excludes halogenated alkanes) is 3. The maximum absolute atomic E-state index is 5.92. The van der Waals surface area contributed by atoms with Crippen LogP contribution in [0.1, 0.15) is 81.5 Å². The summed E-state index contributed by atoms with van der Waals surface area (Å²) < 4.78 is 17.8. The van der Waals surface area contributed by atoms with Crippen LogP contribution in [0.4, 0.5) is 0 Å². The van der Waals surface area contributed by atoms with Crippen molar-refractivity contribution in [1.82, 2.24) is 0 Å². The quantitative estimate of drug-likeness (QED) is 0.165. The van der Waals surface area contributed by atoms with Crippen molar-refractivity contribution in [3.05, 3.63) is 95.1 Å². The molecule has 4 rings (SSSR count). The molecule has 0 spiro atoms. The number of hydrogen-bond acceptors (Lipinski definition) is 2. The predicted octanol–water partition coefficient (Wildman–Crippen LogP) is 10.6. The number of methoxy groups -OCH3 is 2. The Bertz CT molecular complexity index is 1250. The monoisotopic (exact) mass is 630 g/mol. The van der Waals surface area contributed by atoms with Crippen LogP contribution in [0.25, 0.3) is 20.8 Å². The standard InChI is InChI=1S/C24H19O2.3C4H9.Sn/c1-25-23-15-19-14-20(18-11-7-4-8-12-18)22(21(19)16-24(23)26-2)13-17-9-5-3-6-10-17;3*1-3-4-2;/h3-13,15-16H,1-2H3;3*1,3-4H2,2H3;/b22-13-;;;;. The summed E-state index contributed by atoms with van der Waals surface area (Å²) >= 11 is -2.93. The molecule has 0 N–H and O–H groups in total. The molecule has 39 heavy (non-hydrogen) atoms. The Labute approximate surface area is 241 Å². The molecule has 3 heteroatoms. The second kappa shape index (κ2) is 14.3. The van der Waals surface area contributed by atoms with E-state index in [1.165, 1.54) is 85.2 Å². The van der Waals surface area contributed by atoms with Gasteiger partial charge in [-0.15, -0.1) is 0 Å². The molecule has 1 aliphatic carbocycles. The van der Waals surface area contributed by atoms with Crippen LogP contribution in [0, 0.1) is 0 Å². The van der Waals surface area contributed by atoms with Gasteiger partial charge in [0.05, 0.1) is 0 Å². The fourth-order valence-electron chi connectivity index (χ4n) is 6.33. The van der Waals surface area contributed by atoms with Gasteiger partial charge in [0.2, 0.25) is 0 Å². The molecule has 0 unspecified atom stereocenters. The number of ether oxygens (including phenoxy) is 2. The first-order chi connectivity index (χ1) is 19.1. The molecule has 0 heterocycles. The number of hydrogen-bond donors (Lipinski definition) is 0. The van der Waals surface area contributed by atoms with Gasteiger partial charge in [0.15, 0.2) is 0 Å². The van der Waals surface area contributed by atoms with Crippen molar-refractivity contribution in [1.29, 1.82) is 0 Å². The van der Waals surface area contributed by atoms with Crippen molar-refractivity contribution in [2.45, 2.75) is 72.6 Å². The molecule has 206 valence electrons. The summed E-state index contributed by atoms with van der Waals surface area (Å²) in [5.74, 6) is 1.64. The zero-order valence-electron chi connectivity index (χ0n) is 24.7. The van der Waals surface area contributed by atoms with Crippen molar-refractivity contribution < 1.29 is 9.47 Å². The molecule has 0 atom stereocenters. The summed E-state index contributed by atoms with van der Waals surface area (Å²) in [5.41, 5.74) is 8.10. The van der Waals surface area contributed by atoms with Crippen LogP contribution < -0.4 is 9.47 Å². The molecule has 0 amide bonds. The zero-order valence-corrected chi connectivity index (χ0v) is 27.5. The SMILES string of the molecule is CCC[CH2][Sn]([CH2]CCC)([CH2]CCC)[C]1=C(c2ccccc2)/C(=C/c2ccccc2)c2cc(OC)c(OC)cc21. The van der Waals surface area contributed by atoms with Crippen LogP contribution in [-0.4, -0.2) is 32.6 Å². The van der Waals surface area contributed by atoms with Crippen molar-refractivity contribution in [2.24, 2.45) is 0 Å². The van der Waals surface area contributed by atoms with Gasteiger partial charge in [-0.05, 0) is 0 Å². The third-order valence-corrected chi connectivity index (χ3v) is 24.1. The molecule has 0 bridgehead atoms. The van der Waals surface area contributed by atoms with E-state index in [9.17, 15) is 0 Å². The van der Waals surface area contributed by atoms with Gasteiger partial charge < -0.3 is 0 Å². The summed E-state index contributed by atoms with van der Waals surface area (Å²) in [6.45, 7) is 7.08. The molecular weight excluding hydrogens is 583 g/mol. The third kappa shape index (κ3) is 6.48. The van der Waals surface area contributed by atoms with E-state index in [1.54, 1.807) is 17.8 Å². The molecule has 0 aliphatic heterocycles. The molecule has 2 nitrogen and oxygen atoms in total. The van der Waals surface area contributed by atoms with E-state index in [-0.39, 0.29) is 0 Å². The van der Waals surface area contributed by atoms with Gasteiger partial charge in [0.25, 0.3) is 0 Å². The van der Waals surface area contributed by atoms with Gasteiger partial charge >= 0.3 is 242 Å². The van der Waals surface area contributed by atoms with Crippen molar-refractivity contribution >= 4 is 39.2 Å². The minimum absolute atomic E-state index is 0.806. The van der Waals surface area contributed by atoms with E-state index >= 15 is 0 Å². The first kappa shape index (κ1) is 29.5. The normalized spacial score (nSPS) is 14.1. The molecule has 1 aliphatic rings. The van der Waals surface area contributed by atoms with E-state index in [4.69, 9.17) is 9.47 Å². The van der Waals surface area contributed by atoms with Gasteiger partial charge in [-0.3, -0.25) is 0 Å². The average molecular weight is 629 g/mol. The fraction of sp³-hybridized carbons (Fsp3) is 0.389. The number of fused-ring (bicyclic) bond motifs is 1. The molecule has 0 fully saturated rings. The fourth-order valence-corrected chi connectivity index (χ4v) is 24.0. The van der Waals surface area contributed by atoms with Crippen molar-refractivity contribution in [3.63, 3.8) is 0 Å². The average Bonchev–Trinajstić information content (AvgIpc) is 3.30. The second-order valence-corrected chi connectivity index (χ2v) is 23.9. The Morgan fingerprint density at radius 3 is 1.62 bits per heavy atom. The molecule has 3 aromatic carbocycles. The summed E-state index contributed by atoms with van der Waals surface area (Å²) in [7, 11) is 3.52. The summed E-state index contributed by atoms with van der Waals surface area (Å²) in [6.07, 6.45) is 10.2. The Morgan fingerprint density at radius 1 is 0.641 bits per heavy atom. The van der Waals surface area contributed by atoms with Crippen LogP contribution in [0.2, 0.25) is 13.3 Å². The Hall–Kier alpha value is -2.46. The van der Waals surface area contributed by atoms with E-state index < -0.39 is 18.4 Å². The summed E-state index contributed by atoms with van der Waals surface area (Å²) in [4.78, 5) is 0. The topological polar surface area (TPSA) is 18.5 Å². The van der Waals surface area contributed by atoms with Gasteiger partial charge in [-0.2, -0.15) is 0 Å². The van der Waals surface area contributed by atoms with E-state index in [0.717, 1.165) is 11.5 Å². The summed E-state index contributed by atoms with van der Waals surface area (Å²) in [5, 5.41) is 0. The predicted molar refractivity (Wildman–Crippen MR) is 172 cm³/mol.